The van der Waals surface area contributed by atoms with Crippen LogP contribution in [0.5, 0.6) is 11.5 Å². The summed E-state index contributed by atoms with van der Waals surface area (Å²) in [4.78, 5) is 38.8. The molecule has 1 saturated heterocycles. The van der Waals surface area contributed by atoms with Crippen molar-refractivity contribution in [3.05, 3.63) is 58.7 Å². The number of benzene rings is 2. The zero-order valence-corrected chi connectivity index (χ0v) is 24.1. The Balaban J connectivity index is 1.29. The van der Waals surface area contributed by atoms with Crippen molar-refractivity contribution in [3.63, 3.8) is 0 Å². The van der Waals surface area contributed by atoms with E-state index in [1.165, 1.54) is 23.1 Å². The molecule has 1 saturated carbocycles. The number of carbonyl (C=O) groups is 3. The highest BCUT2D eigenvalue weighted by molar-refractivity contribution is 6.01. The van der Waals surface area contributed by atoms with Crippen LogP contribution in [0.1, 0.15) is 67.3 Å². The van der Waals surface area contributed by atoms with Gasteiger partial charge in [-0.3, -0.25) is 19.4 Å². The predicted molar refractivity (Wildman–Crippen MR) is 154 cm³/mol. The van der Waals surface area contributed by atoms with Crippen LogP contribution in [-0.2, 0) is 29.0 Å². The number of rotatable bonds is 12. The highest BCUT2D eigenvalue weighted by atomic mass is 16.5. The van der Waals surface area contributed by atoms with Crippen molar-refractivity contribution in [3.8, 4) is 11.5 Å². The minimum Gasteiger partial charge on any atom is -0.493 e. The molecule has 0 bridgehead atoms. The average molecular weight is 564 g/mol. The quantitative estimate of drug-likeness (QED) is 0.364. The van der Waals surface area contributed by atoms with Gasteiger partial charge in [0, 0.05) is 19.1 Å². The van der Waals surface area contributed by atoms with Crippen LogP contribution < -0.4 is 14.8 Å². The first-order valence-corrected chi connectivity index (χ1v) is 14.8. The van der Waals surface area contributed by atoms with E-state index in [0.29, 0.717) is 17.4 Å². The molecular formula is C32H41N3O6. The molecule has 0 aromatic heterocycles. The minimum atomic E-state index is -0.670. The Morgan fingerprint density at radius 1 is 1.07 bits per heavy atom. The smallest absolute Gasteiger partial charge is 0.324 e. The number of amides is 3. The highest BCUT2D eigenvalue weighted by Crippen LogP contribution is 2.35. The lowest BCUT2D eigenvalue weighted by Crippen LogP contribution is -2.34. The number of nitrogens with zero attached hydrogens (tertiary/aromatic N) is 2. The molecule has 3 amide bonds. The molecule has 2 aromatic rings. The first-order chi connectivity index (χ1) is 19.8. The van der Waals surface area contributed by atoms with E-state index in [1.807, 2.05) is 18.2 Å². The Labute approximate surface area is 241 Å². The molecule has 1 atom stereocenters. The van der Waals surface area contributed by atoms with E-state index in [1.54, 1.807) is 7.11 Å². The second kappa shape index (κ2) is 12.9. The van der Waals surface area contributed by atoms with Crippen molar-refractivity contribution in [1.29, 1.82) is 0 Å². The standard InChI is InChI=1S/C32H41N3O6/c1-21(26-12-11-24-4-3-5-27(24)17-26)34(19-22-6-9-25(10-7-22)31(37)38)20-23-8-13-28(29(16-23)40-2)41-15-14-35-30(36)18-33-32(35)39/h8,11-13,16-17,21-22,25H,3-7,9-10,14-15,18-20H2,1-2H3,(H,33,39)(H,37,38). The molecular weight excluding hydrogens is 522 g/mol. The van der Waals surface area contributed by atoms with Crippen molar-refractivity contribution in [2.75, 3.05) is 33.4 Å². The van der Waals surface area contributed by atoms with Gasteiger partial charge in [0.05, 0.1) is 26.1 Å². The third kappa shape index (κ3) is 6.84. The predicted octanol–water partition coefficient (Wildman–Crippen LogP) is 4.57. The van der Waals surface area contributed by atoms with Gasteiger partial charge in [0.15, 0.2) is 11.5 Å². The van der Waals surface area contributed by atoms with E-state index in [-0.39, 0.29) is 37.6 Å². The van der Waals surface area contributed by atoms with Gasteiger partial charge >= 0.3 is 12.0 Å². The average Bonchev–Trinajstić information content (AvgIpc) is 3.58. The molecule has 2 fully saturated rings. The lowest BCUT2D eigenvalue weighted by atomic mass is 9.81. The number of hydrogen-bond acceptors (Lipinski definition) is 6. The molecule has 1 unspecified atom stereocenters. The van der Waals surface area contributed by atoms with E-state index in [0.717, 1.165) is 62.1 Å². The number of ether oxygens (including phenoxy) is 2. The van der Waals surface area contributed by atoms with Crippen molar-refractivity contribution in [2.45, 2.75) is 64.5 Å². The number of nitrogens with one attached hydrogen (secondary N) is 1. The summed E-state index contributed by atoms with van der Waals surface area (Å²) in [6, 6.07) is 12.7. The number of aryl methyl sites for hydroxylation is 2. The second-order valence-electron chi connectivity index (χ2n) is 11.6. The zero-order valence-electron chi connectivity index (χ0n) is 24.1. The Bertz CT molecular complexity index is 1260. The first kappa shape index (κ1) is 28.9. The van der Waals surface area contributed by atoms with Gasteiger partial charge in [0.2, 0.25) is 5.91 Å². The maximum Gasteiger partial charge on any atom is 0.324 e. The van der Waals surface area contributed by atoms with Crippen molar-refractivity contribution in [2.24, 2.45) is 11.8 Å². The van der Waals surface area contributed by atoms with Gasteiger partial charge in [0.25, 0.3) is 0 Å². The minimum absolute atomic E-state index is 0.0260. The number of methoxy groups -OCH3 is 1. The van der Waals surface area contributed by atoms with E-state index in [2.05, 4.69) is 35.3 Å². The third-order valence-corrected chi connectivity index (χ3v) is 8.96. The van der Waals surface area contributed by atoms with Crippen LogP contribution in [0.25, 0.3) is 0 Å². The molecule has 1 heterocycles. The van der Waals surface area contributed by atoms with E-state index < -0.39 is 12.0 Å². The molecule has 0 spiro atoms. The van der Waals surface area contributed by atoms with Crippen LogP contribution in [0.2, 0.25) is 0 Å². The number of carboxylic acid groups (broad SMARTS) is 1. The summed E-state index contributed by atoms with van der Waals surface area (Å²) in [5.41, 5.74) is 5.34. The third-order valence-electron chi connectivity index (χ3n) is 8.96. The SMILES string of the molecule is COc1cc(CN(CC2CCC(C(=O)O)CC2)C(C)c2ccc3c(c2)CCC3)ccc1OCCN1C(=O)CNC1=O. The molecule has 9 nitrogen and oxygen atoms in total. The molecule has 1 aliphatic heterocycles. The van der Waals surface area contributed by atoms with Crippen LogP contribution in [0.15, 0.2) is 36.4 Å². The summed E-state index contributed by atoms with van der Waals surface area (Å²) in [5.74, 6) is 0.480. The molecule has 2 aromatic carbocycles. The summed E-state index contributed by atoms with van der Waals surface area (Å²) in [7, 11) is 1.61. The molecule has 2 N–H and O–H groups in total. The van der Waals surface area contributed by atoms with Crippen LogP contribution in [0, 0.1) is 11.8 Å². The molecule has 3 aliphatic rings. The summed E-state index contributed by atoms with van der Waals surface area (Å²) in [6.45, 7) is 4.26. The number of fused-ring (bicyclic) bond motifs is 1. The maximum absolute atomic E-state index is 11.8. The van der Waals surface area contributed by atoms with Crippen LogP contribution in [0.4, 0.5) is 4.79 Å². The Kier molecular flexibility index (Phi) is 9.12. The molecule has 41 heavy (non-hydrogen) atoms. The van der Waals surface area contributed by atoms with Crippen LogP contribution in [-0.4, -0.2) is 66.2 Å². The molecule has 2 aliphatic carbocycles. The largest absolute Gasteiger partial charge is 0.493 e. The van der Waals surface area contributed by atoms with Gasteiger partial charge in [-0.25, -0.2) is 4.79 Å². The van der Waals surface area contributed by atoms with E-state index in [9.17, 15) is 19.5 Å². The topological polar surface area (TPSA) is 108 Å². The number of hydrogen-bond donors (Lipinski definition) is 2. The number of carbonyl (C=O) groups excluding carboxylic acids is 2. The fraction of sp³-hybridized carbons (Fsp3) is 0.531. The number of aliphatic carboxylic acids is 1. The van der Waals surface area contributed by atoms with Crippen molar-refractivity contribution >= 4 is 17.9 Å². The summed E-state index contributed by atoms with van der Waals surface area (Å²) >= 11 is 0. The monoisotopic (exact) mass is 563 g/mol. The lowest BCUT2D eigenvalue weighted by molar-refractivity contribution is -0.143. The number of imide groups is 1. The van der Waals surface area contributed by atoms with Crippen molar-refractivity contribution < 1.29 is 29.0 Å². The summed E-state index contributed by atoms with van der Waals surface area (Å²) in [6.07, 6.45) is 6.87. The fourth-order valence-electron chi connectivity index (χ4n) is 6.44. The van der Waals surface area contributed by atoms with Gasteiger partial charge in [-0.15, -0.1) is 0 Å². The van der Waals surface area contributed by atoms with Crippen LogP contribution in [0.3, 0.4) is 0 Å². The van der Waals surface area contributed by atoms with E-state index in [4.69, 9.17) is 9.47 Å². The highest BCUT2D eigenvalue weighted by Gasteiger charge is 2.30. The van der Waals surface area contributed by atoms with Crippen LogP contribution >= 0.6 is 0 Å². The maximum atomic E-state index is 11.8. The normalized spacial score (nSPS) is 21.1. The Morgan fingerprint density at radius 2 is 1.85 bits per heavy atom. The summed E-state index contributed by atoms with van der Waals surface area (Å²) in [5, 5.41) is 12.0. The van der Waals surface area contributed by atoms with Crippen molar-refractivity contribution in [1.82, 2.24) is 15.1 Å². The molecule has 0 radical (unpaired) electrons. The van der Waals surface area contributed by atoms with Gasteiger partial charge in [-0.1, -0.05) is 24.3 Å². The van der Waals surface area contributed by atoms with E-state index >= 15 is 0 Å². The van der Waals surface area contributed by atoms with Gasteiger partial charge < -0.3 is 19.9 Å². The Morgan fingerprint density at radius 3 is 2.56 bits per heavy atom. The van der Waals surface area contributed by atoms with Gasteiger partial charge in [-0.05, 0) is 92.2 Å². The van der Waals surface area contributed by atoms with Gasteiger partial charge in [0.1, 0.15) is 6.61 Å². The lowest BCUT2D eigenvalue weighted by Gasteiger charge is -2.35. The second-order valence-corrected chi connectivity index (χ2v) is 11.6. The molecule has 220 valence electrons. The number of urea groups is 1. The molecule has 9 heteroatoms. The fourth-order valence-corrected chi connectivity index (χ4v) is 6.44. The summed E-state index contributed by atoms with van der Waals surface area (Å²) < 4.78 is 11.5. The number of carboxylic acids is 1. The molecule has 5 rings (SSSR count). The Hall–Kier alpha value is -3.59. The van der Waals surface area contributed by atoms with Gasteiger partial charge in [-0.2, -0.15) is 0 Å². The first-order valence-electron chi connectivity index (χ1n) is 14.8. The zero-order chi connectivity index (χ0) is 28.9.